The van der Waals surface area contributed by atoms with Crippen molar-refractivity contribution < 1.29 is 13.9 Å². The molecule has 0 aliphatic heterocycles. The predicted octanol–water partition coefficient (Wildman–Crippen LogP) is 5.52. The number of hydrazone groups is 1. The molecule has 0 unspecified atom stereocenters. The summed E-state index contributed by atoms with van der Waals surface area (Å²) in [4.78, 5) is 15.9. The van der Waals surface area contributed by atoms with Gasteiger partial charge in [0.05, 0.1) is 21.8 Å². The Bertz CT molecular complexity index is 1050. The normalized spacial score (nSPS) is 10.9. The van der Waals surface area contributed by atoms with Crippen molar-refractivity contribution in [2.75, 3.05) is 0 Å². The Labute approximate surface area is 181 Å². The largest absolute Gasteiger partial charge is 0.486 e. The molecular weight excluding hydrogens is 440 g/mol. The van der Waals surface area contributed by atoms with Gasteiger partial charge >= 0.3 is 0 Å². The predicted molar refractivity (Wildman–Crippen MR) is 112 cm³/mol. The van der Waals surface area contributed by atoms with Gasteiger partial charge < -0.3 is 4.74 Å². The number of ether oxygens (including phenoxy) is 1. The van der Waals surface area contributed by atoms with Gasteiger partial charge in [-0.15, -0.1) is 0 Å². The van der Waals surface area contributed by atoms with Crippen molar-refractivity contribution in [2.24, 2.45) is 5.10 Å². The minimum absolute atomic E-state index is 0.0751. The first-order valence-electron chi connectivity index (χ1n) is 8.24. The molecule has 1 amide bonds. The van der Waals surface area contributed by atoms with Crippen LogP contribution in [-0.4, -0.2) is 17.1 Å². The van der Waals surface area contributed by atoms with Gasteiger partial charge in [0.2, 0.25) is 0 Å². The van der Waals surface area contributed by atoms with E-state index in [1.54, 1.807) is 30.3 Å². The number of carbonyl (C=O) groups is 1. The lowest BCUT2D eigenvalue weighted by atomic mass is 10.2. The molecule has 0 radical (unpaired) electrons. The van der Waals surface area contributed by atoms with Gasteiger partial charge in [0, 0.05) is 6.20 Å². The molecule has 0 aliphatic rings. The van der Waals surface area contributed by atoms with Crippen molar-refractivity contribution in [3.8, 4) is 5.75 Å². The zero-order valence-electron chi connectivity index (χ0n) is 14.7. The van der Waals surface area contributed by atoms with E-state index in [2.05, 4.69) is 15.5 Å². The van der Waals surface area contributed by atoms with Crippen molar-refractivity contribution in [1.82, 2.24) is 10.4 Å². The van der Waals surface area contributed by atoms with Crippen LogP contribution in [-0.2, 0) is 6.61 Å². The molecule has 148 valence electrons. The van der Waals surface area contributed by atoms with E-state index >= 15 is 0 Å². The highest BCUT2D eigenvalue weighted by atomic mass is 35.5. The maximum absolute atomic E-state index is 13.2. The first-order valence-corrected chi connectivity index (χ1v) is 9.37. The molecule has 0 fully saturated rings. The standard InChI is InChI=1S/C20H13Cl3FN3O2/c21-16-8-13(10-26-27-20(28)15-5-2-6-25-19(15)23)9-17(22)18(16)29-11-12-3-1-4-14(24)7-12/h1-10H,11H2,(H,27,28). The summed E-state index contributed by atoms with van der Waals surface area (Å²) >= 11 is 18.3. The maximum Gasteiger partial charge on any atom is 0.274 e. The summed E-state index contributed by atoms with van der Waals surface area (Å²) in [6.07, 6.45) is 2.85. The van der Waals surface area contributed by atoms with E-state index in [0.717, 1.165) is 0 Å². The Hall–Kier alpha value is -2.67. The molecule has 1 N–H and O–H groups in total. The Morgan fingerprint density at radius 3 is 2.59 bits per heavy atom. The van der Waals surface area contributed by atoms with Crippen LogP contribution >= 0.6 is 34.8 Å². The second-order valence-electron chi connectivity index (χ2n) is 5.77. The third-order valence-corrected chi connectivity index (χ3v) is 4.54. The highest BCUT2D eigenvalue weighted by Gasteiger charge is 2.11. The van der Waals surface area contributed by atoms with E-state index in [1.807, 2.05) is 0 Å². The fraction of sp³-hybridized carbons (Fsp3) is 0.0500. The van der Waals surface area contributed by atoms with Gasteiger partial charge in [0.15, 0.2) is 5.75 Å². The molecule has 9 heteroatoms. The van der Waals surface area contributed by atoms with Crippen molar-refractivity contribution in [3.63, 3.8) is 0 Å². The molecule has 0 saturated heterocycles. The molecule has 0 aliphatic carbocycles. The van der Waals surface area contributed by atoms with Crippen molar-refractivity contribution >= 4 is 46.9 Å². The molecule has 2 aromatic carbocycles. The van der Waals surface area contributed by atoms with Gasteiger partial charge in [-0.05, 0) is 47.5 Å². The van der Waals surface area contributed by atoms with E-state index in [0.29, 0.717) is 11.1 Å². The van der Waals surface area contributed by atoms with Crippen LogP contribution in [0.2, 0.25) is 15.2 Å². The molecule has 0 bridgehead atoms. The minimum Gasteiger partial charge on any atom is -0.486 e. The van der Waals surface area contributed by atoms with Crippen LogP contribution in [0.25, 0.3) is 0 Å². The molecule has 3 aromatic rings. The molecule has 3 rings (SSSR count). The Balaban J connectivity index is 1.66. The van der Waals surface area contributed by atoms with Gasteiger partial charge in [-0.1, -0.05) is 46.9 Å². The van der Waals surface area contributed by atoms with Crippen LogP contribution in [0.1, 0.15) is 21.5 Å². The van der Waals surface area contributed by atoms with Gasteiger partial charge in [-0.25, -0.2) is 14.8 Å². The second kappa shape index (κ2) is 9.69. The molecule has 0 spiro atoms. The fourth-order valence-electron chi connectivity index (χ4n) is 2.36. The van der Waals surface area contributed by atoms with E-state index in [1.165, 1.54) is 30.6 Å². The Morgan fingerprint density at radius 1 is 1.14 bits per heavy atom. The number of amides is 1. The van der Waals surface area contributed by atoms with Crippen LogP contribution in [0.5, 0.6) is 5.75 Å². The summed E-state index contributed by atoms with van der Waals surface area (Å²) in [5, 5.41) is 4.43. The SMILES string of the molecule is O=C(NN=Cc1cc(Cl)c(OCc2cccc(F)c2)c(Cl)c1)c1cccnc1Cl. The van der Waals surface area contributed by atoms with Crippen LogP contribution in [0, 0.1) is 5.82 Å². The number of pyridine rings is 1. The number of hydrogen-bond acceptors (Lipinski definition) is 4. The van der Waals surface area contributed by atoms with E-state index in [-0.39, 0.29) is 38.9 Å². The minimum atomic E-state index is -0.508. The van der Waals surface area contributed by atoms with Crippen molar-refractivity contribution in [2.45, 2.75) is 6.61 Å². The highest BCUT2D eigenvalue weighted by Crippen LogP contribution is 2.34. The third kappa shape index (κ3) is 5.67. The third-order valence-electron chi connectivity index (χ3n) is 3.68. The summed E-state index contributed by atoms with van der Waals surface area (Å²) in [6, 6.07) is 12.3. The Kier molecular flexibility index (Phi) is 7.04. The van der Waals surface area contributed by atoms with Crippen molar-refractivity contribution in [3.05, 3.63) is 92.4 Å². The molecule has 1 aromatic heterocycles. The van der Waals surface area contributed by atoms with Crippen LogP contribution < -0.4 is 10.2 Å². The molecule has 0 saturated carbocycles. The molecule has 0 atom stereocenters. The zero-order valence-corrected chi connectivity index (χ0v) is 17.0. The van der Waals surface area contributed by atoms with Gasteiger partial charge in [0.25, 0.3) is 5.91 Å². The summed E-state index contributed by atoms with van der Waals surface area (Å²) in [5.74, 6) is -0.600. The van der Waals surface area contributed by atoms with Crippen LogP contribution in [0.4, 0.5) is 4.39 Å². The number of rotatable bonds is 6. The average Bonchev–Trinajstić information content (AvgIpc) is 2.67. The maximum atomic E-state index is 13.2. The first kappa shape index (κ1) is 21.0. The summed E-state index contributed by atoms with van der Waals surface area (Å²) < 4.78 is 18.9. The molecule has 1 heterocycles. The summed E-state index contributed by atoms with van der Waals surface area (Å²) in [6.45, 7) is 0.104. The lowest BCUT2D eigenvalue weighted by Crippen LogP contribution is -2.18. The quantitative estimate of drug-likeness (QED) is 0.304. The second-order valence-corrected chi connectivity index (χ2v) is 6.95. The first-order chi connectivity index (χ1) is 13.9. The summed E-state index contributed by atoms with van der Waals surface area (Å²) in [7, 11) is 0. The topological polar surface area (TPSA) is 63.6 Å². The number of benzene rings is 2. The molecule has 29 heavy (non-hydrogen) atoms. The lowest BCUT2D eigenvalue weighted by molar-refractivity contribution is 0.0955. The smallest absolute Gasteiger partial charge is 0.274 e. The van der Waals surface area contributed by atoms with E-state index < -0.39 is 5.91 Å². The van der Waals surface area contributed by atoms with E-state index in [9.17, 15) is 9.18 Å². The zero-order chi connectivity index (χ0) is 20.8. The lowest BCUT2D eigenvalue weighted by Gasteiger charge is -2.11. The van der Waals surface area contributed by atoms with Crippen LogP contribution in [0.15, 0.2) is 59.8 Å². The molecule has 5 nitrogen and oxygen atoms in total. The van der Waals surface area contributed by atoms with Crippen molar-refractivity contribution in [1.29, 1.82) is 0 Å². The number of nitrogens with zero attached hydrogens (tertiary/aromatic N) is 2. The molecular formula is C20H13Cl3FN3O2. The monoisotopic (exact) mass is 451 g/mol. The number of hydrogen-bond donors (Lipinski definition) is 1. The fourth-order valence-corrected chi connectivity index (χ4v) is 3.17. The number of carbonyl (C=O) groups excluding carboxylic acids is 1. The van der Waals surface area contributed by atoms with Gasteiger partial charge in [-0.3, -0.25) is 4.79 Å². The highest BCUT2D eigenvalue weighted by molar-refractivity contribution is 6.37. The van der Waals surface area contributed by atoms with Gasteiger partial charge in [0.1, 0.15) is 17.6 Å². The summed E-state index contributed by atoms with van der Waals surface area (Å²) in [5.41, 5.74) is 3.72. The van der Waals surface area contributed by atoms with Crippen LogP contribution in [0.3, 0.4) is 0 Å². The van der Waals surface area contributed by atoms with E-state index in [4.69, 9.17) is 39.5 Å². The number of nitrogens with one attached hydrogen (secondary N) is 1. The number of aromatic nitrogens is 1. The van der Waals surface area contributed by atoms with Gasteiger partial charge in [-0.2, -0.15) is 5.10 Å². The average molecular weight is 453 g/mol. The number of halogens is 4. The Morgan fingerprint density at radius 2 is 1.90 bits per heavy atom.